The monoisotopic (exact) mass is 539 g/mol. The van der Waals surface area contributed by atoms with Crippen LogP contribution in [0.3, 0.4) is 0 Å². The van der Waals surface area contributed by atoms with Crippen LogP contribution < -0.4 is 5.32 Å². The van der Waals surface area contributed by atoms with E-state index in [0.717, 1.165) is 6.92 Å². The number of hydrogen-bond acceptors (Lipinski definition) is 6. The summed E-state index contributed by atoms with van der Waals surface area (Å²) < 4.78 is 60.7. The molecule has 0 saturated carbocycles. The van der Waals surface area contributed by atoms with Gasteiger partial charge in [-0.15, -0.1) is 0 Å². The molecule has 0 unspecified atom stereocenters. The summed E-state index contributed by atoms with van der Waals surface area (Å²) in [6, 6.07) is 6.83. The van der Waals surface area contributed by atoms with E-state index in [4.69, 9.17) is 10.00 Å². The van der Waals surface area contributed by atoms with E-state index in [2.05, 4.69) is 11.4 Å². The SMILES string of the molecule is CC(F)(F)c1ccc(CNC(=O)[C@H]2COCCN2C(=O)[C@H]2CCCN(S(=O)(=O)N3CC(C#N)C3)C2)cc1. The fourth-order valence-electron chi connectivity index (χ4n) is 4.77. The molecule has 0 spiro atoms. The highest BCUT2D eigenvalue weighted by molar-refractivity contribution is 7.86. The highest BCUT2D eigenvalue weighted by Gasteiger charge is 2.43. The molecule has 1 aromatic carbocycles. The number of nitrogens with one attached hydrogen (secondary N) is 1. The summed E-state index contributed by atoms with van der Waals surface area (Å²) in [5.74, 6) is -4.58. The van der Waals surface area contributed by atoms with Crippen LogP contribution in [0.15, 0.2) is 24.3 Å². The molecule has 37 heavy (non-hydrogen) atoms. The minimum atomic E-state index is -3.75. The summed E-state index contributed by atoms with van der Waals surface area (Å²) in [6.45, 7) is 2.03. The lowest BCUT2D eigenvalue weighted by Crippen LogP contribution is -2.60. The predicted molar refractivity (Wildman–Crippen MR) is 128 cm³/mol. The first-order chi connectivity index (χ1) is 17.5. The number of rotatable bonds is 7. The number of hydrogen-bond donors (Lipinski definition) is 1. The van der Waals surface area contributed by atoms with Gasteiger partial charge in [0.1, 0.15) is 6.04 Å². The van der Waals surface area contributed by atoms with E-state index in [1.54, 1.807) is 0 Å². The molecule has 3 saturated heterocycles. The molecule has 10 nitrogen and oxygen atoms in total. The number of carbonyl (C=O) groups is 2. The summed E-state index contributed by atoms with van der Waals surface area (Å²) >= 11 is 0. The van der Waals surface area contributed by atoms with Crippen LogP contribution in [0.1, 0.15) is 30.9 Å². The van der Waals surface area contributed by atoms with E-state index in [1.807, 2.05) is 0 Å². The van der Waals surface area contributed by atoms with Gasteiger partial charge in [-0.25, -0.2) is 8.78 Å². The number of nitrogens with zero attached hydrogens (tertiary/aromatic N) is 4. The number of ether oxygens (including phenoxy) is 1. The zero-order chi connectivity index (χ0) is 26.8. The van der Waals surface area contributed by atoms with Crippen molar-refractivity contribution in [1.82, 2.24) is 18.8 Å². The Hall–Kier alpha value is -2.66. The van der Waals surface area contributed by atoms with Crippen LogP contribution in [0.25, 0.3) is 0 Å². The van der Waals surface area contributed by atoms with E-state index in [-0.39, 0.29) is 63.3 Å². The number of piperidine rings is 1. The third kappa shape index (κ3) is 6.09. The largest absolute Gasteiger partial charge is 0.377 e. The quantitative estimate of drug-likeness (QED) is 0.553. The van der Waals surface area contributed by atoms with Gasteiger partial charge < -0.3 is 15.0 Å². The summed E-state index contributed by atoms with van der Waals surface area (Å²) in [5, 5.41) is 11.7. The number of morpholine rings is 1. The molecule has 3 fully saturated rings. The zero-order valence-electron chi connectivity index (χ0n) is 20.6. The van der Waals surface area contributed by atoms with Gasteiger partial charge in [-0.05, 0) is 18.4 Å². The first kappa shape index (κ1) is 27.4. The van der Waals surface area contributed by atoms with E-state index >= 15 is 0 Å². The normalized spacial score (nSPS) is 24.2. The van der Waals surface area contributed by atoms with E-state index in [0.29, 0.717) is 24.9 Å². The van der Waals surface area contributed by atoms with Gasteiger partial charge in [-0.1, -0.05) is 24.3 Å². The molecule has 2 atom stereocenters. The summed E-state index contributed by atoms with van der Waals surface area (Å²) in [6.07, 6.45) is 1.02. The average molecular weight is 540 g/mol. The molecule has 0 aromatic heterocycles. The highest BCUT2D eigenvalue weighted by atomic mass is 32.2. The van der Waals surface area contributed by atoms with Gasteiger partial charge in [0.25, 0.3) is 16.1 Å². The van der Waals surface area contributed by atoms with Gasteiger partial charge in [0.05, 0.1) is 31.1 Å². The summed E-state index contributed by atoms with van der Waals surface area (Å²) in [7, 11) is -3.75. The van der Waals surface area contributed by atoms with Crippen molar-refractivity contribution in [3.63, 3.8) is 0 Å². The van der Waals surface area contributed by atoms with Gasteiger partial charge in [0, 0.05) is 51.8 Å². The molecule has 13 heteroatoms. The van der Waals surface area contributed by atoms with Crippen molar-refractivity contribution in [2.75, 3.05) is 45.9 Å². The maximum atomic E-state index is 13.4. The van der Waals surface area contributed by atoms with Gasteiger partial charge in [0.15, 0.2) is 0 Å². The first-order valence-corrected chi connectivity index (χ1v) is 13.7. The average Bonchev–Trinajstić information content (AvgIpc) is 2.86. The number of carbonyl (C=O) groups excluding carboxylic acids is 2. The number of alkyl halides is 2. The zero-order valence-corrected chi connectivity index (χ0v) is 21.4. The minimum absolute atomic E-state index is 0.0105. The predicted octanol–water partition coefficient (Wildman–Crippen LogP) is 1.05. The Morgan fingerprint density at radius 1 is 1.16 bits per heavy atom. The molecule has 3 aliphatic rings. The minimum Gasteiger partial charge on any atom is -0.377 e. The highest BCUT2D eigenvalue weighted by Crippen LogP contribution is 2.28. The standard InChI is InChI=1S/C24H31F2N5O5S/c1-24(25,26)20-6-4-17(5-7-20)12-28-22(32)21-16-36-10-9-31(21)23(33)19-3-2-8-29(15-19)37(34,35)30-13-18(11-27)14-30/h4-7,18-19,21H,2-3,8-10,12-16H2,1H3,(H,28,32)/t19-,21+/m0/s1. The smallest absolute Gasteiger partial charge is 0.282 e. The molecular weight excluding hydrogens is 508 g/mol. The second-order valence-corrected chi connectivity index (χ2v) is 11.7. The van der Waals surface area contributed by atoms with Crippen molar-refractivity contribution in [2.24, 2.45) is 11.8 Å². The van der Waals surface area contributed by atoms with Crippen molar-refractivity contribution >= 4 is 22.0 Å². The molecule has 3 heterocycles. The summed E-state index contributed by atoms with van der Waals surface area (Å²) in [5.41, 5.74) is 0.510. The Labute approximate surface area is 215 Å². The molecule has 0 radical (unpaired) electrons. The van der Waals surface area contributed by atoms with Gasteiger partial charge in [0.2, 0.25) is 11.8 Å². The lowest BCUT2D eigenvalue weighted by molar-refractivity contribution is -0.152. The van der Waals surface area contributed by atoms with Crippen molar-refractivity contribution in [2.45, 2.75) is 38.3 Å². The Morgan fingerprint density at radius 3 is 2.51 bits per heavy atom. The molecule has 1 aromatic rings. The molecule has 3 aliphatic heterocycles. The fourth-order valence-corrected chi connectivity index (χ4v) is 6.56. The molecule has 0 bridgehead atoms. The van der Waals surface area contributed by atoms with Crippen LogP contribution in [0, 0.1) is 23.2 Å². The third-order valence-electron chi connectivity index (χ3n) is 7.06. The number of halogens is 2. The first-order valence-electron chi connectivity index (χ1n) is 12.3. The number of amides is 2. The van der Waals surface area contributed by atoms with E-state index in [1.165, 1.54) is 37.8 Å². The van der Waals surface area contributed by atoms with Crippen LogP contribution >= 0.6 is 0 Å². The van der Waals surface area contributed by atoms with Crippen LogP contribution in [-0.2, 0) is 37.0 Å². The number of nitriles is 1. The number of benzene rings is 1. The Bertz CT molecular complexity index is 1150. The van der Waals surface area contributed by atoms with Crippen LogP contribution in [0.5, 0.6) is 0 Å². The molecule has 202 valence electrons. The third-order valence-corrected chi connectivity index (χ3v) is 8.99. The molecular formula is C24H31F2N5O5S. The summed E-state index contributed by atoms with van der Waals surface area (Å²) in [4.78, 5) is 27.9. The second-order valence-electron chi connectivity index (χ2n) is 9.77. The Balaban J connectivity index is 1.37. The Morgan fingerprint density at radius 2 is 1.86 bits per heavy atom. The van der Waals surface area contributed by atoms with Gasteiger partial charge in [-0.2, -0.15) is 22.3 Å². The maximum absolute atomic E-state index is 13.4. The topological polar surface area (TPSA) is 123 Å². The lowest BCUT2D eigenvalue weighted by Gasteiger charge is -2.42. The van der Waals surface area contributed by atoms with Crippen molar-refractivity contribution in [3.05, 3.63) is 35.4 Å². The van der Waals surface area contributed by atoms with E-state index < -0.39 is 34.0 Å². The van der Waals surface area contributed by atoms with Crippen molar-refractivity contribution < 1.29 is 31.5 Å². The van der Waals surface area contributed by atoms with Crippen molar-refractivity contribution in [3.8, 4) is 6.07 Å². The van der Waals surface area contributed by atoms with Crippen molar-refractivity contribution in [1.29, 1.82) is 5.26 Å². The van der Waals surface area contributed by atoms with Crippen LogP contribution in [-0.4, -0.2) is 85.7 Å². The fraction of sp³-hybridized carbons (Fsp3) is 0.625. The second kappa shape index (κ2) is 11.0. The lowest BCUT2D eigenvalue weighted by atomic mass is 9.97. The van der Waals surface area contributed by atoms with Gasteiger partial charge in [-0.3, -0.25) is 9.59 Å². The molecule has 1 N–H and O–H groups in total. The Kier molecular flexibility index (Phi) is 8.13. The van der Waals surface area contributed by atoms with E-state index in [9.17, 15) is 26.8 Å². The maximum Gasteiger partial charge on any atom is 0.282 e. The van der Waals surface area contributed by atoms with Gasteiger partial charge >= 0.3 is 0 Å². The van der Waals surface area contributed by atoms with Crippen LogP contribution in [0.4, 0.5) is 8.78 Å². The molecule has 0 aliphatic carbocycles. The van der Waals surface area contributed by atoms with Crippen LogP contribution in [0.2, 0.25) is 0 Å². The molecule has 4 rings (SSSR count). The molecule has 2 amide bonds.